The average Bonchev–Trinajstić information content (AvgIpc) is 3.00. The van der Waals surface area contributed by atoms with Crippen LogP contribution in [0.15, 0.2) is 54.7 Å². The Balaban J connectivity index is 1.78. The van der Waals surface area contributed by atoms with Gasteiger partial charge in [-0.1, -0.05) is 24.3 Å². The first-order valence-electron chi connectivity index (χ1n) is 8.37. The van der Waals surface area contributed by atoms with E-state index in [2.05, 4.69) is 11.2 Å². The number of hydrogen-bond acceptors (Lipinski definition) is 3. The van der Waals surface area contributed by atoms with Gasteiger partial charge in [-0.3, -0.25) is 9.48 Å². The normalized spacial score (nSPS) is 13.1. The van der Waals surface area contributed by atoms with Crippen LogP contribution >= 0.6 is 0 Å². The first-order valence-corrected chi connectivity index (χ1v) is 8.37. The van der Waals surface area contributed by atoms with Crippen LogP contribution in [0.1, 0.15) is 32.7 Å². The second kappa shape index (κ2) is 6.18. The smallest absolute Gasteiger partial charge is 0.258 e. The minimum Gasteiger partial charge on any atom is -0.326 e. The van der Waals surface area contributed by atoms with Gasteiger partial charge in [0, 0.05) is 24.0 Å². The van der Waals surface area contributed by atoms with Crippen LogP contribution in [-0.4, -0.2) is 15.7 Å². The molecule has 4 rings (SSSR count). The van der Waals surface area contributed by atoms with Gasteiger partial charge in [0.2, 0.25) is 0 Å². The highest BCUT2D eigenvalue weighted by Crippen LogP contribution is 2.28. The fourth-order valence-corrected chi connectivity index (χ4v) is 3.35. The number of nitrogens with zero attached hydrogens (tertiary/aromatic N) is 3. The molecule has 0 aliphatic carbocycles. The third-order valence-electron chi connectivity index (χ3n) is 4.78. The van der Waals surface area contributed by atoms with Gasteiger partial charge in [0.25, 0.3) is 5.91 Å². The summed E-state index contributed by atoms with van der Waals surface area (Å²) in [7, 11) is 0. The van der Waals surface area contributed by atoms with Crippen LogP contribution in [0.3, 0.4) is 0 Å². The Morgan fingerprint density at radius 1 is 1.16 bits per heavy atom. The molecule has 2 N–H and O–H groups in total. The number of carbonyl (C=O) groups is 1. The van der Waals surface area contributed by atoms with Crippen LogP contribution in [0, 0.1) is 6.92 Å². The lowest BCUT2D eigenvalue weighted by atomic mass is 10.0. The van der Waals surface area contributed by atoms with E-state index in [1.165, 1.54) is 0 Å². The molecule has 1 amide bonds. The van der Waals surface area contributed by atoms with Crippen molar-refractivity contribution in [3.8, 4) is 0 Å². The molecule has 0 saturated heterocycles. The molecule has 0 radical (unpaired) electrons. The molecule has 0 spiro atoms. The van der Waals surface area contributed by atoms with E-state index in [9.17, 15) is 4.79 Å². The summed E-state index contributed by atoms with van der Waals surface area (Å²) in [5.74, 6) is -0.00577. The maximum absolute atomic E-state index is 13.3. The van der Waals surface area contributed by atoms with E-state index in [4.69, 9.17) is 5.73 Å². The van der Waals surface area contributed by atoms with Gasteiger partial charge in [-0.15, -0.1) is 0 Å². The van der Waals surface area contributed by atoms with Crippen LogP contribution in [0.2, 0.25) is 0 Å². The van der Waals surface area contributed by atoms with Crippen molar-refractivity contribution in [1.82, 2.24) is 9.78 Å². The van der Waals surface area contributed by atoms with Gasteiger partial charge in [-0.05, 0) is 47.9 Å². The van der Waals surface area contributed by atoms with Gasteiger partial charge < -0.3 is 10.6 Å². The monoisotopic (exact) mass is 332 g/mol. The summed E-state index contributed by atoms with van der Waals surface area (Å²) in [5, 5.41) is 4.38. The molecule has 5 nitrogen and oxygen atoms in total. The fourth-order valence-electron chi connectivity index (χ4n) is 3.35. The minimum absolute atomic E-state index is 0.00577. The molecule has 0 atom stereocenters. The molecule has 0 unspecified atom stereocenters. The van der Waals surface area contributed by atoms with Gasteiger partial charge in [0.1, 0.15) is 0 Å². The second-order valence-electron chi connectivity index (χ2n) is 6.35. The number of amides is 1. The predicted octanol–water partition coefficient (Wildman–Crippen LogP) is 2.86. The van der Waals surface area contributed by atoms with Crippen molar-refractivity contribution >= 4 is 11.6 Å². The zero-order chi connectivity index (χ0) is 17.4. The number of hydrogen-bond donors (Lipinski definition) is 1. The lowest BCUT2D eigenvalue weighted by Gasteiger charge is -2.23. The molecule has 25 heavy (non-hydrogen) atoms. The van der Waals surface area contributed by atoms with E-state index in [1.54, 1.807) is 6.20 Å². The molecule has 5 heteroatoms. The molecular weight excluding hydrogens is 312 g/mol. The topological polar surface area (TPSA) is 64.2 Å². The Bertz CT molecular complexity index is 944. The number of aryl methyl sites for hydroxylation is 1. The summed E-state index contributed by atoms with van der Waals surface area (Å²) in [6.07, 6.45) is 1.78. The number of nitrogens with two attached hydrogens (primary N) is 1. The van der Waals surface area contributed by atoms with Crippen LogP contribution in [0.4, 0.5) is 5.69 Å². The number of fused-ring (bicyclic) bond motifs is 2. The van der Waals surface area contributed by atoms with E-state index in [1.807, 2.05) is 59.0 Å². The molecule has 0 saturated carbocycles. The van der Waals surface area contributed by atoms with Crippen molar-refractivity contribution < 1.29 is 4.79 Å². The van der Waals surface area contributed by atoms with Gasteiger partial charge in [-0.2, -0.15) is 5.10 Å². The Morgan fingerprint density at radius 2 is 2.00 bits per heavy atom. The van der Waals surface area contributed by atoms with E-state index in [-0.39, 0.29) is 5.91 Å². The molecule has 2 aromatic carbocycles. The molecular formula is C20H20N4O. The Hall–Kier alpha value is -2.92. The summed E-state index contributed by atoms with van der Waals surface area (Å²) in [6.45, 7) is 3.65. The van der Waals surface area contributed by atoms with Crippen LogP contribution in [0.5, 0.6) is 0 Å². The molecule has 1 aliphatic rings. The van der Waals surface area contributed by atoms with Gasteiger partial charge in [0.15, 0.2) is 0 Å². The van der Waals surface area contributed by atoms with Crippen LogP contribution < -0.4 is 10.6 Å². The minimum atomic E-state index is -0.00577. The van der Waals surface area contributed by atoms with E-state index in [0.717, 1.165) is 28.1 Å². The SMILES string of the molecule is Cc1cc(C(=O)N2Cc3ccnn3Cc3ccccc32)ccc1CN. The second-order valence-corrected chi connectivity index (χ2v) is 6.35. The van der Waals surface area contributed by atoms with Crippen molar-refractivity contribution in [2.24, 2.45) is 5.73 Å². The molecule has 0 fully saturated rings. The van der Waals surface area contributed by atoms with Crippen molar-refractivity contribution in [1.29, 1.82) is 0 Å². The summed E-state index contributed by atoms with van der Waals surface area (Å²) >= 11 is 0. The Labute approximate surface area is 146 Å². The third-order valence-corrected chi connectivity index (χ3v) is 4.78. The number of rotatable bonds is 2. The maximum Gasteiger partial charge on any atom is 0.258 e. The summed E-state index contributed by atoms with van der Waals surface area (Å²) in [5.41, 5.74) is 11.6. The van der Waals surface area contributed by atoms with E-state index in [0.29, 0.717) is 25.2 Å². The van der Waals surface area contributed by atoms with Gasteiger partial charge in [0.05, 0.1) is 18.8 Å². The van der Waals surface area contributed by atoms with E-state index < -0.39 is 0 Å². The van der Waals surface area contributed by atoms with Gasteiger partial charge >= 0.3 is 0 Å². The molecule has 126 valence electrons. The number of para-hydroxylation sites is 1. The number of anilines is 1. The lowest BCUT2D eigenvalue weighted by Crippen LogP contribution is -2.30. The largest absolute Gasteiger partial charge is 0.326 e. The first-order chi connectivity index (χ1) is 12.2. The lowest BCUT2D eigenvalue weighted by molar-refractivity contribution is 0.0985. The molecule has 2 heterocycles. The highest BCUT2D eigenvalue weighted by molar-refractivity contribution is 6.06. The third kappa shape index (κ3) is 2.72. The molecule has 0 bridgehead atoms. The van der Waals surface area contributed by atoms with Crippen LogP contribution in [-0.2, 0) is 19.6 Å². The summed E-state index contributed by atoms with van der Waals surface area (Å²) in [6, 6.07) is 15.7. The zero-order valence-electron chi connectivity index (χ0n) is 14.1. The van der Waals surface area contributed by atoms with Crippen molar-refractivity contribution in [3.05, 3.63) is 82.7 Å². The fraction of sp³-hybridized carbons (Fsp3) is 0.200. The Kier molecular flexibility index (Phi) is 3.86. The first kappa shape index (κ1) is 15.6. The predicted molar refractivity (Wildman–Crippen MR) is 97.4 cm³/mol. The number of aromatic nitrogens is 2. The van der Waals surface area contributed by atoms with Crippen LogP contribution in [0.25, 0.3) is 0 Å². The highest BCUT2D eigenvalue weighted by atomic mass is 16.2. The molecule has 1 aliphatic heterocycles. The van der Waals surface area contributed by atoms with Crippen molar-refractivity contribution in [2.45, 2.75) is 26.6 Å². The molecule has 1 aromatic heterocycles. The molecule has 3 aromatic rings. The highest BCUT2D eigenvalue weighted by Gasteiger charge is 2.25. The van der Waals surface area contributed by atoms with E-state index >= 15 is 0 Å². The van der Waals surface area contributed by atoms with Gasteiger partial charge in [-0.25, -0.2) is 0 Å². The van der Waals surface area contributed by atoms with Crippen molar-refractivity contribution in [2.75, 3.05) is 4.90 Å². The standard InChI is InChI=1S/C20H20N4O/c1-14-10-15(6-7-16(14)11-21)20(25)23-13-18-8-9-22-24(18)12-17-4-2-3-5-19(17)23/h2-10H,11-13,21H2,1H3. The number of carbonyl (C=O) groups excluding carboxylic acids is 1. The summed E-state index contributed by atoms with van der Waals surface area (Å²) < 4.78 is 1.95. The van der Waals surface area contributed by atoms with Crippen molar-refractivity contribution in [3.63, 3.8) is 0 Å². The summed E-state index contributed by atoms with van der Waals surface area (Å²) in [4.78, 5) is 15.1. The maximum atomic E-state index is 13.3. The average molecular weight is 332 g/mol. The Morgan fingerprint density at radius 3 is 2.80 bits per heavy atom. The quantitative estimate of drug-likeness (QED) is 0.785. The number of benzene rings is 2. The zero-order valence-corrected chi connectivity index (χ0v) is 14.1.